The summed E-state index contributed by atoms with van der Waals surface area (Å²) >= 11 is 0. The van der Waals surface area contributed by atoms with Crippen LogP contribution in [0.1, 0.15) is 27.7 Å². The first-order valence-corrected chi connectivity index (χ1v) is 7.64. The van der Waals surface area contributed by atoms with Crippen LogP contribution in [-0.4, -0.2) is 56.0 Å². The summed E-state index contributed by atoms with van der Waals surface area (Å²) in [7, 11) is -2.97. The van der Waals surface area contributed by atoms with Crippen LogP contribution in [0.5, 0.6) is 0 Å². The van der Waals surface area contributed by atoms with Gasteiger partial charge >= 0.3 is 0 Å². The number of rotatable bonds is 4. The van der Waals surface area contributed by atoms with Gasteiger partial charge in [0.25, 0.3) is 0 Å². The van der Waals surface area contributed by atoms with Crippen molar-refractivity contribution < 1.29 is 8.42 Å². The zero-order chi connectivity index (χ0) is 12.4. The maximum absolute atomic E-state index is 11.9. The SMILES string of the molecule is CC(C)S(=O)(=O)CC(C)(C)N1CCNCC1. The quantitative estimate of drug-likeness (QED) is 0.787. The monoisotopic (exact) mass is 248 g/mol. The lowest BCUT2D eigenvalue weighted by Crippen LogP contribution is -2.56. The number of hydrogen-bond donors (Lipinski definition) is 1. The third-order valence-corrected chi connectivity index (χ3v) is 5.79. The van der Waals surface area contributed by atoms with Gasteiger partial charge in [-0.1, -0.05) is 0 Å². The number of nitrogens with one attached hydrogen (secondary N) is 1. The molecule has 1 fully saturated rings. The van der Waals surface area contributed by atoms with Gasteiger partial charge in [0, 0.05) is 31.7 Å². The molecule has 1 aliphatic heterocycles. The Labute approximate surface area is 99.3 Å². The molecule has 0 aromatic carbocycles. The van der Waals surface area contributed by atoms with Crippen LogP contribution in [0.25, 0.3) is 0 Å². The Morgan fingerprint density at radius 3 is 2.19 bits per heavy atom. The van der Waals surface area contributed by atoms with E-state index < -0.39 is 9.84 Å². The first-order valence-electron chi connectivity index (χ1n) is 5.93. The molecule has 0 unspecified atom stereocenters. The lowest BCUT2D eigenvalue weighted by atomic mass is 10.1. The summed E-state index contributed by atoms with van der Waals surface area (Å²) in [6.07, 6.45) is 0. The van der Waals surface area contributed by atoms with E-state index in [1.54, 1.807) is 13.8 Å². The second-order valence-electron chi connectivity index (χ2n) is 5.41. The van der Waals surface area contributed by atoms with Crippen LogP contribution in [0.4, 0.5) is 0 Å². The predicted octanol–water partition coefficient (Wildman–Crippen LogP) is 0.493. The molecule has 0 bridgehead atoms. The van der Waals surface area contributed by atoms with E-state index >= 15 is 0 Å². The molecule has 1 saturated heterocycles. The molecule has 96 valence electrons. The molecule has 1 aliphatic rings. The summed E-state index contributed by atoms with van der Waals surface area (Å²) in [6.45, 7) is 11.3. The van der Waals surface area contributed by atoms with Crippen molar-refractivity contribution in [3.63, 3.8) is 0 Å². The fraction of sp³-hybridized carbons (Fsp3) is 1.00. The number of nitrogens with zero attached hydrogens (tertiary/aromatic N) is 1. The molecule has 5 heteroatoms. The fourth-order valence-corrected chi connectivity index (χ4v) is 3.52. The molecule has 0 spiro atoms. The van der Waals surface area contributed by atoms with Gasteiger partial charge in [-0.2, -0.15) is 0 Å². The van der Waals surface area contributed by atoms with E-state index in [0.717, 1.165) is 26.2 Å². The van der Waals surface area contributed by atoms with E-state index in [4.69, 9.17) is 0 Å². The molecule has 1 rings (SSSR count). The van der Waals surface area contributed by atoms with Crippen molar-refractivity contribution in [2.45, 2.75) is 38.5 Å². The Hall–Kier alpha value is -0.130. The Bertz CT molecular complexity index is 317. The zero-order valence-corrected chi connectivity index (χ0v) is 11.6. The minimum absolute atomic E-state index is 0.248. The zero-order valence-electron chi connectivity index (χ0n) is 10.8. The van der Waals surface area contributed by atoms with Crippen molar-refractivity contribution in [1.82, 2.24) is 10.2 Å². The van der Waals surface area contributed by atoms with Crippen molar-refractivity contribution in [2.24, 2.45) is 0 Å². The molecule has 16 heavy (non-hydrogen) atoms. The average molecular weight is 248 g/mol. The van der Waals surface area contributed by atoms with Gasteiger partial charge in [-0.05, 0) is 27.7 Å². The normalized spacial score (nSPS) is 20.3. The van der Waals surface area contributed by atoms with Crippen molar-refractivity contribution >= 4 is 9.84 Å². The third-order valence-electron chi connectivity index (χ3n) is 3.25. The van der Waals surface area contributed by atoms with Gasteiger partial charge in [0.15, 0.2) is 9.84 Å². The number of hydrogen-bond acceptors (Lipinski definition) is 4. The molecule has 0 aliphatic carbocycles. The fourth-order valence-electron chi connectivity index (χ4n) is 2.02. The van der Waals surface area contributed by atoms with Gasteiger partial charge in [0.2, 0.25) is 0 Å². The van der Waals surface area contributed by atoms with Gasteiger partial charge in [-0.3, -0.25) is 4.90 Å². The van der Waals surface area contributed by atoms with Crippen molar-refractivity contribution in [2.75, 3.05) is 31.9 Å². The Kier molecular flexibility index (Phi) is 4.37. The van der Waals surface area contributed by atoms with E-state index in [0.29, 0.717) is 0 Å². The minimum atomic E-state index is -2.97. The van der Waals surface area contributed by atoms with E-state index in [9.17, 15) is 8.42 Å². The van der Waals surface area contributed by atoms with Crippen LogP contribution in [-0.2, 0) is 9.84 Å². The van der Waals surface area contributed by atoms with Crippen molar-refractivity contribution in [3.05, 3.63) is 0 Å². The molecular weight excluding hydrogens is 224 g/mol. The Balaban J connectivity index is 2.70. The van der Waals surface area contributed by atoms with Crippen LogP contribution in [0.15, 0.2) is 0 Å². The number of sulfone groups is 1. The summed E-state index contributed by atoms with van der Waals surface area (Å²) in [5.74, 6) is 0.248. The molecule has 4 nitrogen and oxygen atoms in total. The standard InChI is InChI=1S/C11H24N2O2S/c1-10(2)16(14,15)9-11(3,4)13-7-5-12-6-8-13/h10,12H,5-9H2,1-4H3. The highest BCUT2D eigenvalue weighted by molar-refractivity contribution is 7.92. The molecule has 1 heterocycles. The van der Waals surface area contributed by atoms with Crippen LogP contribution in [0.2, 0.25) is 0 Å². The molecule has 0 saturated carbocycles. The maximum Gasteiger partial charge on any atom is 0.154 e. The van der Waals surface area contributed by atoms with Crippen molar-refractivity contribution in [3.8, 4) is 0 Å². The largest absolute Gasteiger partial charge is 0.314 e. The summed E-state index contributed by atoms with van der Waals surface area (Å²) < 4.78 is 23.9. The summed E-state index contributed by atoms with van der Waals surface area (Å²) in [6, 6.07) is 0. The maximum atomic E-state index is 11.9. The smallest absolute Gasteiger partial charge is 0.154 e. The van der Waals surface area contributed by atoms with Gasteiger partial charge in [0.1, 0.15) is 0 Å². The van der Waals surface area contributed by atoms with Gasteiger partial charge in [0.05, 0.1) is 11.0 Å². The van der Waals surface area contributed by atoms with E-state index in [2.05, 4.69) is 10.2 Å². The first kappa shape index (κ1) is 13.9. The molecule has 0 radical (unpaired) electrons. The predicted molar refractivity (Wildman–Crippen MR) is 67.4 cm³/mol. The first-order chi connectivity index (χ1) is 7.26. The van der Waals surface area contributed by atoms with Crippen molar-refractivity contribution in [1.29, 1.82) is 0 Å². The van der Waals surface area contributed by atoms with Gasteiger partial charge < -0.3 is 5.32 Å². The Morgan fingerprint density at radius 2 is 1.75 bits per heavy atom. The van der Waals surface area contributed by atoms with Crippen LogP contribution in [0.3, 0.4) is 0 Å². The number of piperazine rings is 1. The second kappa shape index (κ2) is 5.02. The van der Waals surface area contributed by atoms with E-state index in [-0.39, 0.29) is 16.5 Å². The second-order valence-corrected chi connectivity index (χ2v) is 7.96. The molecule has 0 aromatic heterocycles. The summed E-state index contributed by atoms with van der Waals surface area (Å²) in [4.78, 5) is 2.27. The summed E-state index contributed by atoms with van der Waals surface area (Å²) in [5, 5.41) is 3.00. The average Bonchev–Trinajstić information content (AvgIpc) is 2.17. The molecule has 0 atom stereocenters. The van der Waals surface area contributed by atoms with Crippen LogP contribution < -0.4 is 5.32 Å². The molecule has 0 aromatic rings. The highest BCUT2D eigenvalue weighted by Crippen LogP contribution is 2.19. The van der Waals surface area contributed by atoms with Crippen LogP contribution in [0, 0.1) is 0 Å². The lowest BCUT2D eigenvalue weighted by molar-refractivity contribution is 0.121. The lowest BCUT2D eigenvalue weighted by Gasteiger charge is -2.41. The molecule has 1 N–H and O–H groups in total. The molecule has 0 amide bonds. The highest BCUT2D eigenvalue weighted by atomic mass is 32.2. The van der Waals surface area contributed by atoms with E-state index in [1.165, 1.54) is 0 Å². The minimum Gasteiger partial charge on any atom is -0.314 e. The van der Waals surface area contributed by atoms with E-state index in [1.807, 2.05) is 13.8 Å². The van der Waals surface area contributed by atoms with Gasteiger partial charge in [-0.25, -0.2) is 8.42 Å². The highest BCUT2D eigenvalue weighted by Gasteiger charge is 2.33. The van der Waals surface area contributed by atoms with Crippen LogP contribution >= 0.6 is 0 Å². The van der Waals surface area contributed by atoms with Gasteiger partial charge in [-0.15, -0.1) is 0 Å². The third kappa shape index (κ3) is 3.43. The molecular formula is C11H24N2O2S. The summed E-state index contributed by atoms with van der Waals surface area (Å²) in [5.41, 5.74) is -0.259. The topological polar surface area (TPSA) is 49.4 Å². The Morgan fingerprint density at radius 1 is 1.25 bits per heavy atom.